The van der Waals surface area contributed by atoms with E-state index >= 15 is 0 Å². The number of carbonyl (C=O) groups is 1. The molecule has 4 heteroatoms. The zero-order valence-corrected chi connectivity index (χ0v) is 5.30. The molecule has 1 rings (SSSR count). The van der Waals surface area contributed by atoms with Crippen molar-refractivity contribution in [3.63, 3.8) is 0 Å². The Kier molecular flexibility index (Phi) is 2.32. The summed E-state index contributed by atoms with van der Waals surface area (Å²) in [5.74, 6) is 0. The highest BCUT2D eigenvalue weighted by atomic mass is 19.3. The van der Waals surface area contributed by atoms with Crippen LogP contribution in [0.4, 0.5) is 8.78 Å². The van der Waals surface area contributed by atoms with Gasteiger partial charge in [-0.2, -0.15) is 0 Å². The minimum atomic E-state index is -2.45. The van der Waals surface area contributed by atoms with Crippen LogP contribution in [0, 0.1) is 0 Å². The minimum absolute atomic E-state index is 0.293. The van der Waals surface area contributed by atoms with Gasteiger partial charge in [-0.05, 0) is 12.8 Å². The summed E-state index contributed by atoms with van der Waals surface area (Å²) in [4.78, 5) is 10.0. The quantitative estimate of drug-likeness (QED) is 0.549. The van der Waals surface area contributed by atoms with Crippen molar-refractivity contribution in [2.45, 2.75) is 31.5 Å². The van der Waals surface area contributed by atoms with Crippen LogP contribution in [0.15, 0.2) is 0 Å². The molecule has 1 aliphatic heterocycles. The number of hydrogen-bond acceptors (Lipinski definition) is 2. The number of aldehydes is 1. The van der Waals surface area contributed by atoms with Crippen molar-refractivity contribution in [3.8, 4) is 0 Å². The number of hydrogen-bond donors (Lipinski definition) is 0. The molecular weight excluding hydrogens is 142 g/mol. The van der Waals surface area contributed by atoms with E-state index in [-0.39, 0.29) is 0 Å². The van der Waals surface area contributed by atoms with Gasteiger partial charge >= 0.3 is 0 Å². The van der Waals surface area contributed by atoms with Gasteiger partial charge in [0.1, 0.15) is 18.5 Å². The van der Waals surface area contributed by atoms with Crippen LogP contribution in [-0.2, 0) is 9.53 Å². The van der Waals surface area contributed by atoms with Crippen LogP contribution in [0.3, 0.4) is 0 Å². The monoisotopic (exact) mass is 150 g/mol. The Balaban J connectivity index is 2.35. The van der Waals surface area contributed by atoms with E-state index in [0.29, 0.717) is 19.1 Å². The second-order valence-corrected chi connectivity index (χ2v) is 2.26. The lowest BCUT2D eigenvalue weighted by Gasteiger charge is -2.07. The summed E-state index contributed by atoms with van der Waals surface area (Å²) in [6.45, 7) is 0. The topological polar surface area (TPSA) is 26.3 Å². The van der Waals surface area contributed by atoms with E-state index in [1.807, 2.05) is 0 Å². The summed E-state index contributed by atoms with van der Waals surface area (Å²) in [6.07, 6.45) is -2.78. The van der Waals surface area contributed by atoms with Gasteiger partial charge in [0.25, 0.3) is 6.43 Å². The summed E-state index contributed by atoms with van der Waals surface area (Å²) >= 11 is 0. The molecule has 2 nitrogen and oxygen atoms in total. The molecule has 0 saturated carbocycles. The molecule has 0 radical (unpaired) electrons. The van der Waals surface area contributed by atoms with Crippen LogP contribution >= 0.6 is 0 Å². The number of carbonyl (C=O) groups excluding carboxylic acids is 1. The average molecular weight is 150 g/mol. The number of rotatable bonds is 2. The first-order chi connectivity index (χ1) is 4.74. The van der Waals surface area contributed by atoms with Gasteiger partial charge in [-0.1, -0.05) is 0 Å². The second kappa shape index (κ2) is 3.05. The molecule has 58 valence electrons. The van der Waals surface area contributed by atoms with Crippen molar-refractivity contribution in [1.82, 2.24) is 0 Å². The Bertz CT molecular complexity index is 127. The van der Waals surface area contributed by atoms with E-state index in [9.17, 15) is 13.6 Å². The van der Waals surface area contributed by atoms with Crippen LogP contribution in [-0.4, -0.2) is 24.9 Å². The maximum atomic E-state index is 11.8. The van der Waals surface area contributed by atoms with Gasteiger partial charge in [0.05, 0.1) is 0 Å². The summed E-state index contributed by atoms with van der Waals surface area (Å²) in [5, 5.41) is 0. The predicted octanol–water partition coefficient (Wildman–Crippen LogP) is 0.998. The number of halogens is 2. The molecule has 0 aromatic heterocycles. The third-order valence-electron chi connectivity index (χ3n) is 1.52. The first kappa shape index (κ1) is 7.60. The summed E-state index contributed by atoms with van der Waals surface area (Å²) in [5.41, 5.74) is 0. The van der Waals surface area contributed by atoms with Gasteiger partial charge in [0.15, 0.2) is 0 Å². The highest BCUT2D eigenvalue weighted by molar-refractivity contribution is 5.56. The Morgan fingerprint density at radius 2 is 2.20 bits per heavy atom. The molecule has 1 aliphatic rings. The normalized spacial score (nSPS) is 33.1. The van der Waals surface area contributed by atoms with Gasteiger partial charge in [-0.15, -0.1) is 0 Å². The SMILES string of the molecule is O=CC1CCC(C(F)F)O1. The fourth-order valence-corrected chi connectivity index (χ4v) is 0.975. The van der Waals surface area contributed by atoms with Crippen LogP contribution in [0.1, 0.15) is 12.8 Å². The van der Waals surface area contributed by atoms with E-state index in [1.165, 1.54) is 0 Å². The fourth-order valence-electron chi connectivity index (χ4n) is 0.975. The van der Waals surface area contributed by atoms with Crippen molar-refractivity contribution < 1.29 is 18.3 Å². The van der Waals surface area contributed by atoms with Crippen LogP contribution < -0.4 is 0 Å². The smallest absolute Gasteiger partial charge is 0.264 e. The summed E-state index contributed by atoms with van der Waals surface area (Å²) in [6, 6.07) is 0. The molecule has 0 N–H and O–H groups in total. The summed E-state index contributed by atoms with van der Waals surface area (Å²) in [7, 11) is 0. The molecule has 0 spiro atoms. The van der Waals surface area contributed by atoms with E-state index in [0.717, 1.165) is 0 Å². The molecular formula is C6H8F2O2. The van der Waals surface area contributed by atoms with E-state index in [4.69, 9.17) is 0 Å². The maximum absolute atomic E-state index is 11.8. The van der Waals surface area contributed by atoms with Crippen LogP contribution in [0.2, 0.25) is 0 Å². The third-order valence-corrected chi connectivity index (χ3v) is 1.52. The van der Waals surface area contributed by atoms with Crippen molar-refractivity contribution in [1.29, 1.82) is 0 Å². The molecule has 0 bridgehead atoms. The van der Waals surface area contributed by atoms with E-state index < -0.39 is 18.6 Å². The zero-order chi connectivity index (χ0) is 7.56. The number of alkyl halides is 2. The second-order valence-electron chi connectivity index (χ2n) is 2.26. The number of ether oxygens (including phenoxy) is 1. The largest absolute Gasteiger partial charge is 0.362 e. The molecule has 2 atom stereocenters. The highest BCUT2D eigenvalue weighted by Gasteiger charge is 2.31. The molecule has 0 amide bonds. The Morgan fingerprint density at radius 1 is 1.50 bits per heavy atom. The van der Waals surface area contributed by atoms with E-state index in [2.05, 4.69) is 4.74 Å². The molecule has 0 aromatic rings. The van der Waals surface area contributed by atoms with E-state index in [1.54, 1.807) is 0 Å². The first-order valence-electron chi connectivity index (χ1n) is 3.13. The van der Waals surface area contributed by atoms with Crippen molar-refractivity contribution in [2.24, 2.45) is 0 Å². The molecule has 0 aliphatic carbocycles. The Hall–Kier alpha value is -0.510. The molecule has 1 heterocycles. The Morgan fingerprint density at radius 3 is 2.50 bits per heavy atom. The molecule has 1 fully saturated rings. The lowest BCUT2D eigenvalue weighted by molar-refractivity contribution is -0.121. The maximum Gasteiger partial charge on any atom is 0.264 e. The lowest BCUT2D eigenvalue weighted by atomic mass is 10.2. The van der Waals surface area contributed by atoms with Crippen molar-refractivity contribution in [2.75, 3.05) is 0 Å². The van der Waals surface area contributed by atoms with Crippen LogP contribution in [0.25, 0.3) is 0 Å². The molecule has 1 saturated heterocycles. The van der Waals surface area contributed by atoms with Gasteiger partial charge in [-0.3, -0.25) is 0 Å². The van der Waals surface area contributed by atoms with Gasteiger partial charge < -0.3 is 9.53 Å². The fraction of sp³-hybridized carbons (Fsp3) is 0.833. The first-order valence-corrected chi connectivity index (χ1v) is 3.13. The van der Waals surface area contributed by atoms with Gasteiger partial charge in [0.2, 0.25) is 0 Å². The van der Waals surface area contributed by atoms with Crippen molar-refractivity contribution >= 4 is 6.29 Å². The standard InChI is InChI=1S/C6H8F2O2/c7-6(8)5-2-1-4(3-9)10-5/h3-6H,1-2H2. The lowest BCUT2D eigenvalue weighted by Crippen LogP contribution is -2.19. The van der Waals surface area contributed by atoms with Crippen molar-refractivity contribution in [3.05, 3.63) is 0 Å². The zero-order valence-electron chi connectivity index (χ0n) is 5.30. The third kappa shape index (κ3) is 1.50. The average Bonchev–Trinajstić information content (AvgIpc) is 2.34. The summed E-state index contributed by atoms with van der Waals surface area (Å²) < 4.78 is 28.3. The predicted molar refractivity (Wildman–Crippen MR) is 30.0 cm³/mol. The van der Waals surface area contributed by atoms with Gasteiger partial charge in [-0.25, -0.2) is 8.78 Å². The van der Waals surface area contributed by atoms with Gasteiger partial charge in [0, 0.05) is 0 Å². The Labute approximate surface area is 57.2 Å². The minimum Gasteiger partial charge on any atom is -0.362 e. The molecule has 2 unspecified atom stereocenters. The molecule has 0 aromatic carbocycles. The molecule has 10 heavy (non-hydrogen) atoms. The highest BCUT2D eigenvalue weighted by Crippen LogP contribution is 2.22. The van der Waals surface area contributed by atoms with Crippen LogP contribution in [0.5, 0.6) is 0 Å².